The van der Waals surface area contributed by atoms with Crippen LogP contribution in [-0.2, 0) is 11.2 Å². The van der Waals surface area contributed by atoms with Gasteiger partial charge in [0, 0.05) is 5.56 Å². The van der Waals surface area contributed by atoms with E-state index in [0.29, 0.717) is 12.5 Å². The fraction of sp³-hybridized carbons (Fsp3) is 0.412. The first-order chi connectivity index (χ1) is 10.7. The van der Waals surface area contributed by atoms with Crippen LogP contribution in [0.2, 0.25) is 0 Å². The van der Waals surface area contributed by atoms with Crippen LogP contribution in [0.5, 0.6) is 5.75 Å². The van der Waals surface area contributed by atoms with Crippen molar-refractivity contribution in [2.45, 2.75) is 31.7 Å². The van der Waals surface area contributed by atoms with Crippen LogP contribution in [0.15, 0.2) is 30.5 Å². The molecule has 0 fully saturated rings. The maximum absolute atomic E-state index is 12.8. The summed E-state index contributed by atoms with van der Waals surface area (Å²) < 4.78 is 5.64. The van der Waals surface area contributed by atoms with E-state index in [-0.39, 0.29) is 17.9 Å². The molecule has 0 saturated carbocycles. The maximum Gasteiger partial charge on any atom is 0.229 e. The number of carbonyl (C=O) groups is 1. The number of hydrogen-bond donors (Lipinski definition) is 2. The first kappa shape index (κ1) is 13.4. The largest absolute Gasteiger partial charge is 0.491 e. The Morgan fingerprint density at radius 3 is 3.18 bits per heavy atom. The van der Waals surface area contributed by atoms with Gasteiger partial charge in [0.1, 0.15) is 12.4 Å². The summed E-state index contributed by atoms with van der Waals surface area (Å²) in [4.78, 5) is 12.8. The zero-order valence-corrected chi connectivity index (χ0v) is 12.5. The van der Waals surface area contributed by atoms with Gasteiger partial charge in [0.25, 0.3) is 0 Å². The second-order valence-corrected chi connectivity index (χ2v) is 6.32. The summed E-state index contributed by atoms with van der Waals surface area (Å²) in [6.45, 7) is 2.69. The van der Waals surface area contributed by atoms with Crippen LogP contribution in [0.4, 0.5) is 0 Å². The fourth-order valence-corrected chi connectivity index (χ4v) is 3.56. The molecule has 2 heterocycles. The highest BCUT2D eigenvalue weighted by Gasteiger charge is 2.34. The van der Waals surface area contributed by atoms with E-state index < -0.39 is 0 Å². The molecule has 3 atom stereocenters. The Balaban J connectivity index is 1.55. The predicted octanol–water partition coefficient (Wildman–Crippen LogP) is 2.33. The number of carbonyl (C=O) groups excluding carboxylic acids is 1. The third-order valence-corrected chi connectivity index (χ3v) is 4.64. The molecule has 0 saturated heterocycles. The van der Waals surface area contributed by atoms with E-state index in [1.165, 1.54) is 5.56 Å². The Hall–Kier alpha value is -2.30. The number of amides is 1. The summed E-state index contributed by atoms with van der Waals surface area (Å²) in [6.07, 6.45) is 3.69. The Labute approximate surface area is 129 Å². The monoisotopic (exact) mass is 297 g/mol. The number of rotatable bonds is 2. The SMILES string of the molecule is C[C@@H]1Cc2cn[nH]c2[C@@H](C(=O)N[C@@H]2COc3ccccc32)C1. The first-order valence-corrected chi connectivity index (χ1v) is 7.76. The van der Waals surface area contributed by atoms with Crippen molar-refractivity contribution < 1.29 is 9.53 Å². The number of nitrogens with one attached hydrogen (secondary N) is 2. The van der Waals surface area contributed by atoms with E-state index in [1.807, 2.05) is 30.5 Å². The molecule has 2 aromatic rings. The van der Waals surface area contributed by atoms with Gasteiger partial charge in [0.05, 0.1) is 23.9 Å². The standard InChI is InChI=1S/C17H19N3O2/c1-10-6-11-8-18-20-16(11)13(7-10)17(21)19-14-9-22-15-5-3-2-4-12(14)15/h2-5,8,10,13-14H,6-7,9H2,1H3,(H,18,20)(H,19,21)/t10-,13+,14-/m1/s1. The summed E-state index contributed by atoms with van der Waals surface area (Å²) >= 11 is 0. The van der Waals surface area contributed by atoms with Crippen molar-refractivity contribution in [1.29, 1.82) is 0 Å². The third kappa shape index (κ3) is 2.17. The summed E-state index contributed by atoms with van der Waals surface area (Å²) in [7, 11) is 0. The molecule has 0 spiro atoms. The van der Waals surface area contributed by atoms with Crippen LogP contribution < -0.4 is 10.1 Å². The maximum atomic E-state index is 12.8. The van der Waals surface area contributed by atoms with E-state index in [9.17, 15) is 4.79 Å². The van der Waals surface area contributed by atoms with Crippen LogP contribution in [0.25, 0.3) is 0 Å². The summed E-state index contributed by atoms with van der Waals surface area (Å²) in [5, 5.41) is 10.3. The summed E-state index contributed by atoms with van der Waals surface area (Å²) in [6, 6.07) is 7.81. The van der Waals surface area contributed by atoms with Crippen molar-refractivity contribution >= 4 is 5.91 Å². The number of hydrogen-bond acceptors (Lipinski definition) is 3. The number of ether oxygens (including phenoxy) is 1. The molecule has 0 bridgehead atoms. The highest BCUT2D eigenvalue weighted by molar-refractivity contribution is 5.84. The highest BCUT2D eigenvalue weighted by Crippen LogP contribution is 2.36. The second-order valence-electron chi connectivity index (χ2n) is 6.32. The molecule has 5 heteroatoms. The summed E-state index contributed by atoms with van der Waals surface area (Å²) in [5.74, 6) is 1.27. The molecular weight excluding hydrogens is 278 g/mol. The van der Waals surface area contributed by atoms with E-state index in [2.05, 4.69) is 22.4 Å². The van der Waals surface area contributed by atoms with E-state index in [1.54, 1.807) is 0 Å². The van der Waals surface area contributed by atoms with Crippen molar-refractivity contribution in [2.24, 2.45) is 5.92 Å². The average molecular weight is 297 g/mol. The molecule has 1 aromatic heterocycles. The van der Waals surface area contributed by atoms with Gasteiger partial charge in [-0.2, -0.15) is 5.10 Å². The highest BCUT2D eigenvalue weighted by atomic mass is 16.5. The molecule has 2 N–H and O–H groups in total. The quantitative estimate of drug-likeness (QED) is 0.894. The van der Waals surface area contributed by atoms with Gasteiger partial charge in [-0.25, -0.2) is 0 Å². The molecule has 1 aliphatic heterocycles. The minimum Gasteiger partial charge on any atom is -0.491 e. The van der Waals surface area contributed by atoms with Gasteiger partial charge in [-0.1, -0.05) is 25.1 Å². The Bertz CT molecular complexity index is 709. The zero-order valence-electron chi connectivity index (χ0n) is 12.5. The van der Waals surface area contributed by atoms with Gasteiger partial charge in [-0.15, -0.1) is 0 Å². The van der Waals surface area contributed by atoms with Crippen molar-refractivity contribution in [3.8, 4) is 5.75 Å². The second kappa shape index (κ2) is 5.16. The predicted molar refractivity (Wildman–Crippen MR) is 81.6 cm³/mol. The molecule has 4 rings (SSSR count). The number of aromatic nitrogens is 2. The molecule has 22 heavy (non-hydrogen) atoms. The van der Waals surface area contributed by atoms with Gasteiger partial charge < -0.3 is 10.1 Å². The normalized spacial score (nSPS) is 26.0. The summed E-state index contributed by atoms with van der Waals surface area (Å²) in [5.41, 5.74) is 3.20. The van der Waals surface area contributed by atoms with Crippen LogP contribution in [-0.4, -0.2) is 22.7 Å². The van der Waals surface area contributed by atoms with Crippen molar-refractivity contribution in [3.63, 3.8) is 0 Å². The van der Waals surface area contributed by atoms with Gasteiger partial charge in [0.2, 0.25) is 5.91 Å². The van der Waals surface area contributed by atoms with Gasteiger partial charge in [-0.05, 0) is 30.4 Å². The van der Waals surface area contributed by atoms with Gasteiger partial charge in [0.15, 0.2) is 0 Å². The van der Waals surface area contributed by atoms with E-state index in [0.717, 1.165) is 29.8 Å². The lowest BCUT2D eigenvalue weighted by Gasteiger charge is -2.26. The molecule has 114 valence electrons. The fourth-order valence-electron chi connectivity index (χ4n) is 3.56. The van der Waals surface area contributed by atoms with E-state index >= 15 is 0 Å². The van der Waals surface area contributed by atoms with Crippen LogP contribution >= 0.6 is 0 Å². The van der Waals surface area contributed by atoms with Crippen molar-refractivity contribution in [2.75, 3.05) is 6.61 Å². The molecule has 1 aromatic carbocycles. The molecular formula is C17H19N3O2. The minimum atomic E-state index is -0.144. The lowest BCUT2D eigenvalue weighted by atomic mass is 9.81. The number of benzene rings is 1. The van der Waals surface area contributed by atoms with E-state index in [4.69, 9.17) is 4.74 Å². The minimum absolute atomic E-state index is 0.0577. The molecule has 0 unspecified atom stereocenters. The Morgan fingerprint density at radius 1 is 1.41 bits per heavy atom. The van der Waals surface area contributed by atoms with Crippen LogP contribution in [0, 0.1) is 5.92 Å². The van der Waals surface area contributed by atoms with Gasteiger partial charge >= 0.3 is 0 Å². The average Bonchev–Trinajstić information content (AvgIpc) is 3.13. The molecule has 1 amide bonds. The zero-order chi connectivity index (χ0) is 15.1. The number of fused-ring (bicyclic) bond motifs is 2. The Kier molecular flexibility index (Phi) is 3.13. The smallest absolute Gasteiger partial charge is 0.229 e. The van der Waals surface area contributed by atoms with Gasteiger partial charge in [-0.3, -0.25) is 9.89 Å². The number of aromatic amines is 1. The third-order valence-electron chi connectivity index (χ3n) is 4.64. The molecule has 0 radical (unpaired) electrons. The first-order valence-electron chi connectivity index (χ1n) is 7.76. The Morgan fingerprint density at radius 2 is 2.27 bits per heavy atom. The lowest BCUT2D eigenvalue weighted by Crippen LogP contribution is -2.36. The van der Waals surface area contributed by atoms with Crippen molar-refractivity contribution in [1.82, 2.24) is 15.5 Å². The van der Waals surface area contributed by atoms with Crippen molar-refractivity contribution in [3.05, 3.63) is 47.3 Å². The number of nitrogens with zero attached hydrogens (tertiary/aromatic N) is 1. The van der Waals surface area contributed by atoms with Crippen LogP contribution in [0.1, 0.15) is 42.1 Å². The molecule has 5 nitrogen and oxygen atoms in total. The molecule has 1 aliphatic carbocycles. The number of para-hydroxylation sites is 1. The number of H-pyrrole nitrogens is 1. The molecule has 2 aliphatic rings. The van der Waals surface area contributed by atoms with Crippen LogP contribution in [0.3, 0.4) is 0 Å². The topological polar surface area (TPSA) is 67.0 Å². The lowest BCUT2D eigenvalue weighted by molar-refractivity contribution is -0.124.